The summed E-state index contributed by atoms with van der Waals surface area (Å²) in [6, 6.07) is 0.531. The van der Waals surface area contributed by atoms with Gasteiger partial charge in [-0.05, 0) is 107 Å². The van der Waals surface area contributed by atoms with Crippen LogP contribution in [0.3, 0.4) is 0 Å². The Morgan fingerprint density at radius 2 is 0.877 bits per heavy atom. The molecular weight excluding hydrogens is 715 g/mol. The number of amides is 3. The second-order valence-corrected chi connectivity index (χ2v) is 20.3. The summed E-state index contributed by atoms with van der Waals surface area (Å²) in [5.74, 6) is -0.0109. The largest absolute Gasteiger partial charge is 0.371 e. The van der Waals surface area contributed by atoms with Crippen LogP contribution in [-0.4, -0.2) is 107 Å². The van der Waals surface area contributed by atoms with Crippen LogP contribution in [0.5, 0.6) is 0 Å². The van der Waals surface area contributed by atoms with Gasteiger partial charge >= 0.3 is 0 Å². The lowest BCUT2D eigenvalue weighted by Crippen LogP contribution is -2.54. The molecule has 0 spiro atoms. The van der Waals surface area contributed by atoms with Crippen molar-refractivity contribution in [1.82, 2.24) is 14.7 Å². The van der Waals surface area contributed by atoms with E-state index in [4.69, 9.17) is 14.2 Å². The van der Waals surface area contributed by atoms with E-state index < -0.39 is 5.41 Å². The molecular formula is C48H93N3O6. The Hall–Kier alpha value is -1.71. The molecule has 1 rings (SSSR count). The van der Waals surface area contributed by atoms with E-state index in [1.807, 2.05) is 9.80 Å². The number of carbonyl (C=O) groups excluding carboxylic acids is 3. The Bertz CT molecular complexity index is 1000. The van der Waals surface area contributed by atoms with Crippen molar-refractivity contribution in [2.75, 3.05) is 39.6 Å². The quantitative estimate of drug-likeness (QED) is 0.0865. The summed E-state index contributed by atoms with van der Waals surface area (Å²) in [5.41, 5.74) is -1.67. The van der Waals surface area contributed by atoms with Gasteiger partial charge in [0.25, 0.3) is 0 Å². The molecule has 1 aliphatic rings. The van der Waals surface area contributed by atoms with Crippen LogP contribution >= 0.6 is 0 Å². The van der Waals surface area contributed by atoms with E-state index in [0.717, 1.165) is 89.9 Å². The van der Waals surface area contributed by atoms with Crippen molar-refractivity contribution < 1.29 is 28.6 Å². The van der Waals surface area contributed by atoms with E-state index in [1.54, 1.807) is 0 Å². The monoisotopic (exact) mass is 808 g/mol. The highest BCUT2D eigenvalue weighted by Gasteiger charge is 2.38. The third-order valence-electron chi connectivity index (χ3n) is 11.8. The summed E-state index contributed by atoms with van der Waals surface area (Å²) in [6.45, 7) is 30.4. The van der Waals surface area contributed by atoms with Gasteiger partial charge in [0, 0.05) is 40.2 Å². The van der Waals surface area contributed by atoms with Crippen LogP contribution in [-0.2, 0) is 28.6 Å². The first-order valence-electron chi connectivity index (χ1n) is 23.4. The summed E-state index contributed by atoms with van der Waals surface area (Å²) in [7, 11) is 0. The fraction of sp³-hybridized carbons (Fsp3) is 0.938. The topological polar surface area (TPSA) is 88.6 Å². The molecule has 0 aromatic rings. The average Bonchev–Trinajstić information content (AvgIpc) is 3.08. The molecule has 0 radical (unpaired) electrons. The van der Waals surface area contributed by atoms with Gasteiger partial charge in [-0.15, -0.1) is 0 Å². The molecule has 0 N–H and O–H groups in total. The molecule has 0 aliphatic heterocycles. The summed E-state index contributed by atoms with van der Waals surface area (Å²) in [4.78, 5) is 48.2. The van der Waals surface area contributed by atoms with Gasteiger partial charge in [0.2, 0.25) is 17.7 Å². The van der Waals surface area contributed by atoms with E-state index in [-0.39, 0.29) is 92.1 Å². The number of nitrogens with zero attached hydrogens (tertiary/aromatic N) is 3. The van der Waals surface area contributed by atoms with Gasteiger partial charge in [-0.3, -0.25) is 14.4 Å². The number of carbonyl (C=O) groups is 3. The van der Waals surface area contributed by atoms with Gasteiger partial charge in [-0.1, -0.05) is 105 Å². The Morgan fingerprint density at radius 3 is 1.19 bits per heavy atom. The third kappa shape index (κ3) is 19.0. The van der Waals surface area contributed by atoms with Gasteiger partial charge < -0.3 is 28.9 Å². The zero-order valence-corrected chi connectivity index (χ0v) is 40.0. The van der Waals surface area contributed by atoms with Crippen molar-refractivity contribution in [2.24, 2.45) is 5.41 Å². The van der Waals surface area contributed by atoms with Crippen molar-refractivity contribution in [2.45, 2.75) is 247 Å². The van der Waals surface area contributed by atoms with Crippen LogP contribution in [0.15, 0.2) is 0 Å². The fourth-order valence-corrected chi connectivity index (χ4v) is 9.12. The molecule has 0 saturated heterocycles. The SMILES string of the molecule is CCCCC(CCC)N(C(=O)COCC(CC)(COCC(=O)N(C(CCC)CCCC)C(C)(C)C)COCC(=O)N(C1CCCCCCC1)C(C)(C)C)C(C)(C)C. The van der Waals surface area contributed by atoms with Crippen molar-refractivity contribution in [3.63, 3.8) is 0 Å². The number of hydrogen-bond acceptors (Lipinski definition) is 6. The third-order valence-corrected chi connectivity index (χ3v) is 11.8. The molecule has 1 saturated carbocycles. The molecule has 9 nitrogen and oxygen atoms in total. The lowest BCUT2D eigenvalue weighted by Gasteiger charge is -2.43. The minimum atomic E-state index is -0.664. The van der Waals surface area contributed by atoms with E-state index in [0.29, 0.717) is 6.42 Å². The maximum atomic E-state index is 14.0. The summed E-state index contributed by atoms with van der Waals surface area (Å²) >= 11 is 0. The molecule has 0 aromatic carbocycles. The normalized spacial score (nSPS) is 16.9. The van der Waals surface area contributed by atoms with E-state index in [1.165, 1.54) is 19.3 Å². The van der Waals surface area contributed by atoms with Gasteiger partial charge in [0.1, 0.15) is 19.8 Å². The highest BCUT2D eigenvalue weighted by Crippen LogP contribution is 2.30. The Morgan fingerprint density at radius 1 is 0.509 bits per heavy atom. The van der Waals surface area contributed by atoms with Crippen LogP contribution in [0.2, 0.25) is 0 Å². The molecule has 3 amide bonds. The number of ether oxygens (including phenoxy) is 3. The molecule has 9 heteroatoms. The minimum Gasteiger partial charge on any atom is -0.371 e. The fourth-order valence-electron chi connectivity index (χ4n) is 9.12. The molecule has 0 bridgehead atoms. The van der Waals surface area contributed by atoms with Gasteiger partial charge in [-0.2, -0.15) is 0 Å². The molecule has 1 fully saturated rings. The van der Waals surface area contributed by atoms with E-state index in [9.17, 15) is 14.4 Å². The summed E-state index contributed by atoms with van der Waals surface area (Å²) < 4.78 is 19.1. The van der Waals surface area contributed by atoms with Crippen LogP contribution < -0.4 is 0 Å². The summed E-state index contributed by atoms with van der Waals surface area (Å²) in [6.07, 6.45) is 18.9. The smallest absolute Gasteiger partial charge is 0.249 e. The first-order valence-corrected chi connectivity index (χ1v) is 23.4. The first-order chi connectivity index (χ1) is 26.7. The molecule has 336 valence electrons. The summed E-state index contributed by atoms with van der Waals surface area (Å²) in [5, 5.41) is 0. The first kappa shape index (κ1) is 53.3. The lowest BCUT2D eigenvalue weighted by atomic mass is 9.88. The van der Waals surface area contributed by atoms with Crippen molar-refractivity contribution in [3.8, 4) is 0 Å². The number of unbranched alkanes of at least 4 members (excludes halogenated alkanes) is 2. The van der Waals surface area contributed by atoms with Crippen LogP contribution in [0.1, 0.15) is 213 Å². The highest BCUT2D eigenvalue weighted by atomic mass is 16.5. The zero-order valence-electron chi connectivity index (χ0n) is 40.0. The molecule has 57 heavy (non-hydrogen) atoms. The van der Waals surface area contributed by atoms with E-state index >= 15 is 0 Å². The van der Waals surface area contributed by atoms with Crippen molar-refractivity contribution in [3.05, 3.63) is 0 Å². The minimum absolute atomic E-state index is 0.00926. The van der Waals surface area contributed by atoms with Gasteiger partial charge in [0.05, 0.1) is 19.8 Å². The maximum absolute atomic E-state index is 14.0. The second kappa shape index (κ2) is 26.5. The predicted molar refractivity (Wildman–Crippen MR) is 238 cm³/mol. The van der Waals surface area contributed by atoms with E-state index in [2.05, 4.69) is 102 Å². The van der Waals surface area contributed by atoms with Gasteiger partial charge in [0.15, 0.2) is 0 Å². The van der Waals surface area contributed by atoms with Crippen LogP contribution in [0.4, 0.5) is 0 Å². The lowest BCUT2D eigenvalue weighted by molar-refractivity contribution is -0.153. The number of hydrogen-bond donors (Lipinski definition) is 0. The molecule has 0 heterocycles. The molecule has 1 aliphatic carbocycles. The standard InChI is InChI=1S/C48H93N3O6/c1-15-20-29-39(27-17-3)49(45(6,7)8)42(52)33-55-36-48(19-5,37-56-34-43(53)50(46(9,10)11)40(28-18-4)30-21-16-2)38-57-35-44(54)51(47(12,13)14)41-31-25-23-22-24-26-32-41/h39-41H,15-38H2,1-14H3. The van der Waals surface area contributed by atoms with Crippen LogP contribution in [0, 0.1) is 5.41 Å². The Kier molecular flexibility index (Phi) is 24.8. The van der Waals surface area contributed by atoms with Crippen molar-refractivity contribution >= 4 is 17.7 Å². The van der Waals surface area contributed by atoms with Crippen molar-refractivity contribution in [1.29, 1.82) is 0 Å². The highest BCUT2D eigenvalue weighted by molar-refractivity contribution is 5.79. The molecule has 2 atom stereocenters. The average molecular weight is 808 g/mol. The number of rotatable bonds is 26. The maximum Gasteiger partial charge on any atom is 0.249 e. The van der Waals surface area contributed by atoms with Crippen LogP contribution in [0.25, 0.3) is 0 Å². The molecule has 2 unspecified atom stereocenters. The Balaban J connectivity index is 3.33. The molecule has 0 aromatic heterocycles. The predicted octanol–water partition coefficient (Wildman–Crippen LogP) is 11.1. The Labute approximate surface area is 352 Å². The second-order valence-electron chi connectivity index (χ2n) is 20.3. The van der Waals surface area contributed by atoms with Gasteiger partial charge in [-0.25, -0.2) is 0 Å². The zero-order chi connectivity index (χ0) is 43.3.